The number of alkyl halides is 1. The van der Waals surface area contributed by atoms with Gasteiger partial charge in [0.2, 0.25) is 0 Å². The molecule has 2 aromatic carbocycles. The molecule has 0 aliphatic heterocycles. The van der Waals surface area contributed by atoms with Gasteiger partial charge in [-0.2, -0.15) is 0 Å². The van der Waals surface area contributed by atoms with Crippen LogP contribution in [0.15, 0.2) is 45.3 Å². The third kappa shape index (κ3) is 3.15. The molecule has 0 amide bonds. The van der Waals surface area contributed by atoms with Gasteiger partial charge in [0, 0.05) is 4.47 Å². The van der Waals surface area contributed by atoms with Crippen LogP contribution in [0, 0.1) is 6.92 Å². The molecule has 1 atom stereocenters. The van der Waals surface area contributed by atoms with Crippen LogP contribution in [0.2, 0.25) is 0 Å². The third-order valence-electron chi connectivity index (χ3n) is 2.96. The minimum absolute atomic E-state index is 0.198. The lowest BCUT2D eigenvalue weighted by molar-refractivity contribution is 0.412. The Kier molecular flexibility index (Phi) is 4.93. The first-order valence-electron chi connectivity index (χ1n) is 5.77. The van der Waals surface area contributed by atoms with Crippen molar-refractivity contribution in [1.82, 2.24) is 0 Å². The van der Waals surface area contributed by atoms with Gasteiger partial charge in [0.25, 0.3) is 0 Å². The fraction of sp³-hybridized carbons (Fsp3) is 0.200. The van der Waals surface area contributed by atoms with Crippen LogP contribution in [-0.2, 0) is 0 Å². The van der Waals surface area contributed by atoms with Gasteiger partial charge in [-0.15, -0.1) is 11.6 Å². The Hall–Kier alpha value is -0.510. The number of benzene rings is 2. The quantitative estimate of drug-likeness (QED) is 0.583. The number of methoxy groups -OCH3 is 1. The van der Waals surface area contributed by atoms with E-state index in [1.165, 1.54) is 5.56 Å². The van der Waals surface area contributed by atoms with Gasteiger partial charge in [-0.05, 0) is 51.7 Å². The average Bonchev–Trinajstić information content (AvgIpc) is 2.41. The Morgan fingerprint density at radius 1 is 1.16 bits per heavy atom. The summed E-state index contributed by atoms with van der Waals surface area (Å²) in [6.07, 6.45) is 0. The van der Waals surface area contributed by atoms with Gasteiger partial charge in [-0.25, -0.2) is 0 Å². The highest BCUT2D eigenvalue weighted by molar-refractivity contribution is 9.10. The SMILES string of the molecule is COc1ccc(C(Cl)c2cccc(C)c2Br)cc1Br. The van der Waals surface area contributed by atoms with E-state index in [1.54, 1.807) is 7.11 Å². The molecule has 0 radical (unpaired) electrons. The van der Waals surface area contributed by atoms with Gasteiger partial charge in [-0.3, -0.25) is 0 Å². The number of aryl methyl sites for hydroxylation is 1. The van der Waals surface area contributed by atoms with Crippen LogP contribution in [0.4, 0.5) is 0 Å². The van der Waals surface area contributed by atoms with E-state index < -0.39 is 0 Å². The molecule has 0 fully saturated rings. The smallest absolute Gasteiger partial charge is 0.133 e. The fourth-order valence-corrected chi connectivity index (χ4v) is 3.39. The summed E-state index contributed by atoms with van der Waals surface area (Å²) >= 11 is 13.7. The number of hydrogen-bond donors (Lipinski definition) is 0. The second-order valence-electron chi connectivity index (χ2n) is 4.23. The Labute approximate surface area is 135 Å². The summed E-state index contributed by atoms with van der Waals surface area (Å²) in [5, 5.41) is -0.198. The van der Waals surface area contributed by atoms with E-state index in [0.29, 0.717) is 0 Å². The van der Waals surface area contributed by atoms with Crippen molar-refractivity contribution in [3.05, 3.63) is 62.0 Å². The highest BCUT2D eigenvalue weighted by atomic mass is 79.9. The minimum atomic E-state index is -0.198. The van der Waals surface area contributed by atoms with Crippen molar-refractivity contribution in [3.63, 3.8) is 0 Å². The summed E-state index contributed by atoms with van der Waals surface area (Å²) in [7, 11) is 1.65. The predicted octanol–water partition coefficient (Wildman–Crippen LogP) is 5.86. The number of hydrogen-bond acceptors (Lipinski definition) is 1. The standard InChI is InChI=1S/C15H13Br2ClO/c1-9-4-3-5-11(14(9)17)15(18)10-6-7-13(19-2)12(16)8-10/h3-8,15H,1-2H3. The van der Waals surface area contributed by atoms with Crippen molar-refractivity contribution in [3.8, 4) is 5.75 Å². The summed E-state index contributed by atoms with van der Waals surface area (Å²) in [6, 6.07) is 12.0. The normalized spacial score (nSPS) is 12.3. The molecule has 0 N–H and O–H groups in total. The topological polar surface area (TPSA) is 9.23 Å². The maximum absolute atomic E-state index is 6.58. The first-order valence-corrected chi connectivity index (χ1v) is 7.79. The Balaban J connectivity index is 2.41. The van der Waals surface area contributed by atoms with Crippen molar-refractivity contribution >= 4 is 43.5 Å². The highest BCUT2D eigenvalue weighted by Crippen LogP contribution is 2.37. The zero-order valence-corrected chi connectivity index (χ0v) is 14.5. The van der Waals surface area contributed by atoms with Gasteiger partial charge in [0.15, 0.2) is 0 Å². The van der Waals surface area contributed by atoms with E-state index >= 15 is 0 Å². The molecule has 0 heterocycles. The lowest BCUT2D eigenvalue weighted by Gasteiger charge is -2.15. The molecule has 19 heavy (non-hydrogen) atoms. The Bertz CT molecular complexity index is 599. The largest absolute Gasteiger partial charge is 0.496 e. The molecular formula is C15H13Br2ClO. The maximum atomic E-state index is 6.58. The highest BCUT2D eigenvalue weighted by Gasteiger charge is 2.16. The second-order valence-corrected chi connectivity index (χ2v) is 6.32. The van der Waals surface area contributed by atoms with Gasteiger partial charge in [0.1, 0.15) is 5.75 Å². The lowest BCUT2D eigenvalue weighted by atomic mass is 10.0. The van der Waals surface area contributed by atoms with E-state index in [1.807, 2.05) is 30.3 Å². The van der Waals surface area contributed by atoms with Crippen LogP contribution < -0.4 is 4.74 Å². The molecule has 1 unspecified atom stereocenters. The molecule has 0 aromatic heterocycles. The predicted molar refractivity (Wildman–Crippen MR) is 87.3 cm³/mol. The molecule has 2 aromatic rings. The molecule has 1 nitrogen and oxygen atoms in total. The van der Waals surface area contributed by atoms with E-state index in [2.05, 4.69) is 44.8 Å². The number of halogens is 3. The number of rotatable bonds is 3. The van der Waals surface area contributed by atoms with E-state index in [0.717, 1.165) is 25.8 Å². The van der Waals surface area contributed by atoms with Gasteiger partial charge in [0.05, 0.1) is 17.0 Å². The molecule has 0 aliphatic rings. The van der Waals surface area contributed by atoms with Gasteiger partial charge >= 0.3 is 0 Å². The first kappa shape index (κ1) is 14.9. The van der Waals surface area contributed by atoms with Crippen LogP contribution in [-0.4, -0.2) is 7.11 Å². The van der Waals surface area contributed by atoms with Crippen LogP contribution in [0.25, 0.3) is 0 Å². The van der Waals surface area contributed by atoms with E-state index in [4.69, 9.17) is 16.3 Å². The van der Waals surface area contributed by atoms with E-state index in [-0.39, 0.29) is 5.38 Å². The van der Waals surface area contributed by atoms with Crippen molar-refractivity contribution in [2.45, 2.75) is 12.3 Å². The van der Waals surface area contributed by atoms with Crippen molar-refractivity contribution in [1.29, 1.82) is 0 Å². The van der Waals surface area contributed by atoms with Crippen molar-refractivity contribution in [2.24, 2.45) is 0 Å². The van der Waals surface area contributed by atoms with Gasteiger partial charge < -0.3 is 4.74 Å². The van der Waals surface area contributed by atoms with Crippen molar-refractivity contribution in [2.75, 3.05) is 7.11 Å². The third-order valence-corrected chi connectivity index (χ3v) is 5.15. The zero-order chi connectivity index (χ0) is 14.0. The molecule has 4 heteroatoms. The average molecular weight is 405 g/mol. The Morgan fingerprint density at radius 3 is 2.53 bits per heavy atom. The molecule has 0 spiro atoms. The van der Waals surface area contributed by atoms with Crippen LogP contribution >= 0.6 is 43.5 Å². The van der Waals surface area contributed by atoms with Crippen molar-refractivity contribution < 1.29 is 4.74 Å². The first-order chi connectivity index (χ1) is 9.04. The molecule has 0 saturated heterocycles. The maximum Gasteiger partial charge on any atom is 0.133 e. The van der Waals surface area contributed by atoms with Crippen LogP contribution in [0.3, 0.4) is 0 Å². The molecule has 0 bridgehead atoms. The summed E-state index contributed by atoms with van der Waals surface area (Å²) in [4.78, 5) is 0. The van der Waals surface area contributed by atoms with E-state index in [9.17, 15) is 0 Å². The molecule has 2 rings (SSSR count). The van der Waals surface area contributed by atoms with Crippen LogP contribution in [0.5, 0.6) is 5.75 Å². The number of ether oxygens (including phenoxy) is 1. The summed E-state index contributed by atoms with van der Waals surface area (Å²) < 4.78 is 7.19. The van der Waals surface area contributed by atoms with Crippen LogP contribution in [0.1, 0.15) is 22.1 Å². The van der Waals surface area contributed by atoms with Gasteiger partial charge in [-0.1, -0.05) is 40.2 Å². The summed E-state index contributed by atoms with van der Waals surface area (Å²) in [5.41, 5.74) is 3.27. The zero-order valence-electron chi connectivity index (χ0n) is 10.6. The minimum Gasteiger partial charge on any atom is -0.496 e. The summed E-state index contributed by atoms with van der Waals surface area (Å²) in [6.45, 7) is 2.06. The summed E-state index contributed by atoms with van der Waals surface area (Å²) in [5.74, 6) is 0.802. The Morgan fingerprint density at radius 2 is 1.89 bits per heavy atom. The molecule has 0 aliphatic carbocycles. The molecular weight excluding hydrogens is 391 g/mol. The fourth-order valence-electron chi connectivity index (χ4n) is 1.89. The lowest BCUT2D eigenvalue weighted by Crippen LogP contribution is -1.96. The molecule has 100 valence electrons. The second kappa shape index (κ2) is 6.29. The molecule has 0 saturated carbocycles. The monoisotopic (exact) mass is 402 g/mol.